The Kier molecular flexibility index (Phi) is 6.15. The molecule has 9 heteroatoms. The number of aromatic nitrogens is 2. The van der Waals surface area contributed by atoms with Crippen molar-refractivity contribution in [1.29, 1.82) is 0 Å². The summed E-state index contributed by atoms with van der Waals surface area (Å²) >= 11 is 2.92. The highest BCUT2D eigenvalue weighted by molar-refractivity contribution is 7.22. The number of nitrogens with one attached hydrogen (secondary N) is 1. The molecule has 2 aromatic heterocycles. The minimum absolute atomic E-state index is 0.0510. The molecule has 33 heavy (non-hydrogen) atoms. The van der Waals surface area contributed by atoms with Crippen molar-refractivity contribution in [3.63, 3.8) is 0 Å². The second-order valence-corrected chi connectivity index (χ2v) is 9.89. The minimum atomic E-state index is -0.302. The fraction of sp³-hybridized carbons (Fsp3) is 0.250. The molecule has 2 aromatic carbocycles. The quantitative estimate of drug-likeness (QED) is 0.432. The lowest BCUT2D eigenvalue weighted by Crippen LogP contribution is -2.38. The van der Waals surface area contributed by atoms with E-state index in [1.54, 1.807) is 17.5 Å². The van der Waals surface area contributed by atoms with Crippen LogP contribution in [0, 0.1) is 5.82 Å². The lowest BCUT2D eigenvalue weighted by atomic mass is 9.97. The highest BCUT2D eigenvalue weighted by Crippen LogP contribution is 2.31. The average Bonchev–Trinajstić information content (AvgIpc) is 3.48. The Hall–Kier alpha value is -3.17. The van der Waals surface area contributed by atoms with Crippen LogP contribution in [0.5, 0.6) is 0 Å². The van der Waals surface area contributed by atoms with E-state index in [9.17, 15) is 14.0 Å². The van der Waals surface area contributed by atoms with Gasteiger partial charge in [0.05, 0.1) is 21.6 Å². The van der Waals surface area contributed by atoms with Crippen LogP contribution in [0.4, 0.5) is 9.52 Å². The number of halogens is 1. The molecule has 5 rings (SSSR count). The van der Waals surface area contributed by atoms with Gasteiger partial charge >= 0.3 is 0 Å². The predicted molar refractivity (Wildman–Crippen MR) is 128 cm³/mol. The van der Waals surface area contributed by atoms with Gasteiger partial charge in [0.15, 0.2) is 5.13 Å². The van der Waals surface area contributed by atoms with E-state index in [0.717, 1.165) is 33.6 Å². The summed E-state index contributed by atoms with van der Waals surface area (Å²) in [6, 6.07) is 13.8. The Labute approximate surface area is 198 Å². The first-order chi connectivity index (χ1) is 16.0. The summed E-state index contributed by atoms with van der Waals surface area (Å²) in [4.78, 5) is 36.1. The molecule has 0 spiro atoms. The second-order valence-electron chi connectivity index (χ2n) is 7.97. The lowest BCUT2D eigenvalue weighted by molar-refractivity contribution is -0.131. The second kappa shape index (κ2) is 9.36. The highest BCUT2D eigenvalue weighted by Gasteiger charge is 2.26. The van der Waals surface area contributed by atoms with Crippen molar-refractivity contribution in [2.24, 2.45) is 0 Å². The minimum Gasteiger partial charge on any atom is -0.342 e. The topological polar surface area (TPSA) is 75.2 Å². The number of carbonyl (C=O) groups excluding carboxylic acids is 2. The number of amides is 2. The fourth-order valence-electron chi connectivity index (χ4n) is 3.93. The van der Waals surface area contributed by atoms with Gasteiger partial charge in [-0.1, -0.05) is 35.6 Å². The van der Waals surface area contributed by atoms with E-state index in [4.69, 9.17) is 0 Å². The number of nitrogens with zero attached hydrogens (tertiary/aromatic N) is 3. The molecule has 3 heterocycles. The van der Waals surface area contributed by atoms with Crippen molar-refractivity contribution < 1.29 is 14.0 Å². The third-order valence-corrected chi connectivity index (χ3v) is 7.69. The number of anilines is 1. The summed E-state index contributed by atoms with van der Waals surface area (Å²) in [6.07, 6.45) is 1.89. The van der Waals surface area contributed by atoms with Crippen molar-refractivity contribution in [2.45, 2.75) is 25.2 Å². The van der Waals surface area contributed by atoms with Gasteiger partial charge in [0.25, 0.3) is 5.91 Å². The number of fused-ring (bicyclic) bond motifs is 1. The van der Waals surface area contributed by atoms with Crippen LogP contribution in [0.2, 0.25) is 0 Å². The summed E-state index contributed by atoms with van der Waals surface area (Å²) in [5, 5.41) is 6.12. The Balaban J connectivity index is 1.16. The normalized spacial score (nSPS) is 14.5. The molecule has 1 aliphatic rings. The average molecular weight is 481 g/mol. The first-order valence-corrected chi connectivity index (χ1v) is 12.4. The summed E-state index contributed by atoms with van der Waals surface area (Å²) in [6.45, 7) is 1.30. The molecule has 1 aliphatic heterocycles. The zero-order valence-corrected chi connectivity index (χ0v) is 19.3. The molecule has 0 bridgehead atoms. The van der Waals surface area contributed by atoms with Crippen molar-refractivity contribution in [3.05, 3.63) is 76.0 Å². The number of likely N-dealkylation sites (tertiary alicyclic amines) is 1. The third-order valence-electron chi connectivity index (χ3n) is 5.73. The van der Waals surface area contributed by atoms with Crippen LogP contribution >= 0.6 is 22.7 Å². The van der Waals surface area contributed by atoms with Gasteiger partial charge in [-0.25, -0.2) is 14.4 Å². The molecule has 0 aliphatic carbocycles. The molecular formula is C24H21FN4O2S2. The molecule has 4 aromatic rings. The Morgan fingerprint density at radius 2 is 1.82 bits per heavy atom. The Morgan fingerprint density at radius 3 is 2.58 bits per heavy atom. The first kappa shape index (κ1) is 21.7. The summed E-state index contributed by atoms with van der Waals surface area (Å²) in [5.74, 6) is -0.281. The van der Waals surface area contributed by atoms with Gasteiger partial charge in [-0.2, -0.15) is 0 Å². The summed E-state index contributed by atoms with van der Waals surface area (Å²) in [7, 11) is 0. The molecule has 0 atom stereocenters. The predicted octanol–water partition coefficient (Wildman–Crippen LogP) is 5.09. The summed E-state index contributed by atoms with van der Waals surface area (Å²) < 4.78 is 14.1. The molecule has 1 saturated heterocycles. The smallest absolute Gasteiger partial charge is 0.276 e. The number of para-hydroxylation sites is 1. The maximum atomic E-state index is 13.1. The summed E-state index contributed by atoms with van der Waals surface area (Å²) in [5.41, 5.74) is 2.06. The van der Waals surface area contributed by atoms with Crippen LogP contribution in [-0.2, 0) is 11.2 Å². The van der Waals surface area contributed by atoms with Gasteiger partial charge in [-0.05, 0) is 42.7 Å². The molecule has 0 unspecified atom stereocenters. The van der Waals surface area contributed by atoms with E-state index < -0.39 is 0 Å². The fourth-order valence-corrected chi connectivity index (χ4v) is 5.76. The van der Waals surface area contributed by atoms with Crippen molar-refractivity contribution in [3.8, 4) is 0 Å². The third kappa shape index (κ3) is 4.94. The number of benzene rings is 2. The zero-order chi connectivity index (χ0) is 22.8. The van der Waals surface area contributed by atoms with Gasteiger partial charge in [-0.15, -0.1) is 11.3 Å². The van der Waals surface area contributed by atoms with Gasteiger partial charge in [0, 0.05) is 24.4 Å². The van der Waals surface area contributed by atoms with E-state index in [2.05, 4.69) is 15.3 Å². The monoisotopic (exact) mass is 480 g/mol. The largest absolute Gasteiger partial charge is 0.342 e. The van der Waals surface area contributed by atoms with Crippen LogP contribution in [0.25, 0.3) is 10.2 Å². The molecule has 1 fully saturated rings. The van der Waals surface area contributed by atoms with Crippen LogP contribution < -0.4 is 5.32 Å². The molecule has 2 amide bonds. The SMILES string of the molecule is O=C(Nc1nc2ccccc2s1)c1csc(C2CCN(C(=O)Cc3ccc(F)cc3)CC2)n1. The number of hydrogen-bond acceptors (Lipinski definition) is 6. The molecule has 1 N–H and O–H groups in total. The van der Waals surface area contributed by atoms with Crippen LogP contribution in [0.1, 0.15) is 39.8 Å². The number of rotatable bonds is 5. The standard InChI is InChI=1S/C24H21FN4O2S2/c25-17-7-5-15(6-8-17)13-21(30)29-11-9-16(10-12-29)23-26-19(14-32-23)22(31)28-24-27-18-3-1-2-4-20(18)33-24/h1-8,14,16H,9-13H2,(H,27,28,31). The van der Waals surface area contributed by atoms with E-state index >= 15 is 0 Å². The van der Waals surface area contributed by atoms with Crippen LogP contribution in [-0.4, -0.2) is 39.8 Å². The van der Waals surface area contributed by atoms with E-state index in [-0.39, 0.29) is 30.0 Å². The number of hydrogen-bond donors (Lipinski definition) is 1. The number of piperidine rings is 1. The molecule has 0 radical (unpaired) electrons. The van der Waals surface area contributed by atoms with Crippen molar-refractivity contribution >= 4 is 49.8 Å². The van der Waals surface area contributed by atoms with E-state index in [0.29, 0.717) is 23.9 Å². The molecule has 6 nitrogen and oxygen atoms in total. The number of thiazole rings is 2. The van der Waals surface area contributed by atoms with Gasteiger partial charge in [-0.3, -0.25) is 14.9 Å². The van der Waals surface area contributed by atoms with Crippen molar-refractivity contribution in [2.75, 3.05) is 18.4 Å². The van der Waals surface area contributed by atoms with Gasteiger partial charge in [0.1, 0.15) is 11.5 Å². The Bertz CT molecular complexity index is 1260. The number of carbonyl (C=O) groups is 2. The molecule has 168 valence electrons. The van der Waals surface area contributed by atoms with Gasteiger partial charge in [0.2, 0.25) is 5.91 Å². The van der Waals surface area contributed by atoms with Crippen LogP contribution in [0.15, 0.2) is 53.9 Å². The van der Waals surface area contributed by atoms with Crippen molar-refractivity contribution in [1.82, 2.24) is 14.9 Å². The molecular weight excluding hydrogens is 459 g/mol. The first-order valence-electron chi connectivity index (χ1n) is 10.7. The lowest BCUT2D eigenvalue weighted by Gasteiger charge is -2.31. The van der Waals surface area contributed by atoms with Gasteiger partial charge < -0.3 is 4.90 Å². The maximum absolute atomic E-state index is 13.1. The van der Waals surface area contributed by atoms with E-state index in [1.165, 1.54) is 34.8 Å². The highest BCUT2D eigenvalue weighted by atomic mass is 32.1. The molecule has 0 saturated carbocycles. The zero-order valence-electron chi connectivity index (χ0n) is 17.7. The van der Waals surface area contributed by atoms with Crippen LogP contribution in [0.3, 0.4) is 0 Å². The Morgan fingerprint density at radius 1 is 1.06 bits per heavy atom. The maximum Gasteiger partial charge on any atom is 0.276 e. The van der Waals surface area contributed by atoms with E-state index in [1.807, 2.05) is 29.2 Å².